The van der Waals surface area contributed by atoms with E-state index < -0.39 is 38.6 Å². The molecule has 0 bridgehead atoms. The van der Waals surface area contributed by atoms with Crippen molar-refractivity contribution in [1.82, 2.24) is 0 Å². The summed E-state index contributed by atoms with van der Waals surface area (Å²) in [4.78, 5) is 35.4. The number of ether oxygens (including phenoxy) is 2. The highest BCUT2D eigenvalue weighted by atomic mass is 31.2. The van der Waals surface area contributed by atoms with E-state index in [4.69, 9.17) is 18.5 Å². The van der Waals surface area contributed by atoms with Gasteiger partial charge in [-0.3, -0.25) is 18.6 Å². The molecule has 334 valence electrons. The van der Waals surface area contributed by atoms with E-state index >= 15 is 0 Å². The van der Waals surface area contributed by atoms with Gasteiger partial charge in [0.1, 0.15) is 19.8 Å². The number of hydrogen-bond donors (Lipinski definition) is 2. The van der Waals surface area contributed by atoms with E-state index in [2.05, 4.69) is 98.9 Å². The lowest BCUT2D eigenvalue weighted by molar-refractivity contribution is -0.870. The van der Waals surface area contributed by atoms with Gasteiger partial charge < -0.3 is 24.0 Å². The molecule has 0 spiro atoms. The van der Waals surface area contributed by atoms with E-state index in [-0.39, 0.29) is 26.1 Å². The van der Waals surface area contributed by atoms with Gasteiger partial charge in [-0.15, -0.1) is 0 Å². The molecule has 0 aliphatic carbocycles. The van der Waals surface area contributed by atoms with Gasteiger partial charge in [0.2, 0.25) is 0 Å². The van der Waals surface area contributed by atoms with Crippen LogP contribution >= 0.6 is 7.82 Å². The Labute approximate surface area is 358 Å². The minimum Gasteiger partial charge on any atom is -0.462 e. The Morgan fingerprint density at radius 1 is 0.610 bits per heavy atom. The summed E-state index contributed by atoms with van der Waals surface area (Å²) in [5.74, 6) is -1.05. The SMILES string of the molecule is CC/C=C\C/C=C\C/C=C\C/C=C\C=C\C(O)CCCC(=O)OC[C@H](COP(=O)(O)OCC[N+](C)(C)C)OC(=O)CCCCCC/C=C\C/C=C\C/C=C\C/C=C\CC. The van der Waals surface area contributed by atoms with Crippen molar-refractivity contribution in [3.8, 4) is 0 Å². The molecule has 0 rings (SSSR count). The van der Waals surface area contributed by atoms with Crippen molar-refractivity contribution in [2.45, 2.75) is 135 Å². The highest BCUT2D eigenvalue weighted by Gasteiger charge is 2.27. The molecule has 10 nitrogen and oxygen atoms in total. The third-order valence-corrected chi connectivity index (χ3v) is 9.39. The van der Waals surface area contributed by atoms with Crippen molar-refractivity contribution in [3.63, 3.8) is 0 Å². The number of likely N-dealkylation sites (N-methyl/N-ethyl adjacent to an activating group) is 1. The second-order valence-corrected chi connectivity index (χ2v) is 16.6. The number of carbonyl (C=O) groups excluding carboxylic acids is 2. The molecule has 0 aromatic heterocycles. The first-order valence-electron chi connectivity index (χ1n) is 21.7. The Balaban J connectivity index is 4.63. The van der Waals surface area contributed by atoms with E-state index in [0.717, 1.165) is 77.0 Å². The second-order valence-electron chi connectivity index (χ2n) is 15.2. The fraction of sp³-hybridized carbons (Fsp3) is 0.583. The van der Waals surface area contributed by atoms with Crippen LogP contribution in [-0.4, -0.2) is 86.1 Å². The molecule has 0 saturated heterocycles. The number of allylic oxidation sites excluding steroid dienone is 17. The molecule has 3 atom stereocenters. The van der Waals surface area contributed by atoms with Crippen molar-refractivity contribution in [1.29, 1.82) is 0 Å². The molecule has 0 radical (unpaired) electrons. The number of hydrogen-bond acceptors (Lipinski definition) is 8. The molecule has 0 saturated carbocycles. The summed E-state index contributed by atoms with van der Waals surface area (Å²) in [7, 11) is 1.33. The van der Waals surface area contributed by atoms with Crippen molar-refractivity contribution in [3.05, 3.63) is 109 Å². The minimum absolute atomic E-state index is 0.0104. The van der Waals surface area contributed by atoms with Gasteiger partial charge in [0.25, 0.3) is 0 Å². The van der Waals surface area contributed by atoms with Crippen LogP contribution in [0.2, 0.25) is 0 Å². The van der Waals surface area contributed by atoms with Crippen LogP contribution in [0.4, 0.5) is 0 Å². The third-order valence-electron chi connectivity index (χ3n) is 8.40. The van der Waals surface area contributed by atoms with Crippen molar-refractivity contribution in [2.75, 3.05) is 47.5 Å². The van der Waals surface area contributed by atoms with E-state index in [1.807, 2.05) is 33.3 Å². The van der Waals surface area contributed by atoms with Crippen LogP contribution < -0.4 is 0 Å². The molecule has 0 aromatic carbocycles. The zero-order valence-corrected chi connectivity index (χ0v) is 37.9. The van der Waals surface area contributed by atoms with Gasteiger partial charge in [-0.05, 0) is 83.5 Å². The molecule has 0 aliphatic heterocycles. The number of phosphoric ester groups is 1. The number of quaternary nitrogens is 1. The fourth-order valence-corrected chi connectivity index (χ4v) is 5.77. The topological polar surface area (TPSA) is 129 Å². The molecule has 0 aromatic rings. The Morgan fingerprint density at radius 3 is 1.68 bits per heavy atom. The summed E-state index contributed by atoms with van der Waals surface area (Å²) >= 11 is 0. The van der Waals surface area contributed by atoms with E-state index in [0.29, 0.717) is 30.3 Å². The number of esters is 2. The summed E-state index contributed by atoms with van der Waals surface area (Å²) in [6, 6.07) is 0. The zero-order valence-electron chi connectivity index (χ0n) is 37.0. The number of phosphoric acid groups is 1. The lowest BCUT2D eigenvalue weighted by atomic mass is 10.1. The molecular formula is C48H79NO9P+. The zero-order chi connectivity index (χ0) is 43.7. The van der Waals surface area contributed by atoms with Crippen molar-refractivity contribution in [2.24, 2.45) is 0 Å². The van der Waals surface area contributed by atoms with Crippen LogP contribution in [0.3, 0.4) is 0 Å². The Kier molecular flexibility index (Phi) is 36.6. The van der Waals surface area contributed by atoms with Gasteiger partial charge in [0, 0.05) is 12.8 Å². The number of carbonyl (C=O) groups is 2. The molecule has 0 amide bonds. The summed E-state index contributed by atoms with van der Waals surface area (Å²) in [6.07, 6.45) is 48.9. The maximum absolute atomic E-state index is 12.7. The normalized spacial score (nSPS) is 15.2. The highest BCUT2D eigenvalue weighted by molar-refractivity contribution is 7.47. The van der Waals surface area contributed by atoms with Crippen molar-refractivity contribution < 1.29 is 47.2 Å². The molecule has 2 N–H and O–H groups in total. The van der Waals surface area contributed by atoms with Gasteiger partial charge in [-0.25, -0.2) is 4.57 Å². The number of rotatable bonds is 37. The smallest absolute Gasteiger partial charge is 0.462 e. The van der Waals surface area contributed by atoms with Crippen LogP contribution in [0.15, 0.2) is 109 Å². The maximum Gasteiger partial charge on any atom is 0.472 e. The monoisotopic (exact) mass is 845 g/mol. The predicted octanol–water partition coefficient (Wildman–Crippen LogP) is 11.3. The Hall–Kier alpha value is -3.37. The van der Waals surface area contributed by atoms with E-state index in [9.17, 15) is 24.2 Å². The molecule has 2 unspecified atom stereocenters. The molecule has 11 heteroatoms. The molecule has 0 heterocycles. The number of nitrogens with zero attached hydrogens (tertiary/aromatic N) is 1. The van der Waals surface area contributed by atoms with Gasteiger partial charge in [0.15, 0.2) is 6.10 Å². The predicted molar refractivity (Wildman–Crippen MR) is 244 cm³/mol. The van der Waals surface area contributed by atoms with Gasteiger partial charge >= 0.3 is 19.8 Å². The van der Waals surface area contributed by atoms with Gasteiger partial charge in [-0.1, -0.05) is 136 Å². The molecule has 0 fully saturated rings. The fourth-order valence-electron chi connectivity index (χ4n) is 5.03. The molecule has 0 aliphatic rings. The summed E-state index contributed by atoms with van der Waals surface area (Å²) in [5.41, 5.74) is 0. The third kappa shape index (κ3) is 42.6. The summed E-state index contributed by atoms with van der Waals surface area (Å²) in [6.45, 7) is 3.90. The lowest BCUT2D eigenvalue weighted by Gasteiger charge is -2.24. The van der Waals surface area contributed by atoms with Crippen LogP contribution in [0, 0.1) is 0 Å². The Morgan fingerprint density at radius 2 is 1.12 bits per heavy atom. The van der Waals surface area contributed by atoms with Crippen LogP contribution in [0.1, 0.15) is 123 Å². The first kappa shape index (κ1) is 55.6. The minimum atomic E-state index is -4.44. The quantitative estimate of drug-likeness (QED) is 0.0157. The van der Waals surface area contributed by atoms with Crippen LogP contribution in [-0.2, 0) is 32.7 Å². The number of aliphatic hydroxyl groups is 1. The number of unbranched alkanes of at least 4 members (excludes halogenated alkanes) is 4. The van der Waals surface area contributed by atoms with Crippen molar-refractivity contribution >= 4 is 19.8 Å². The number of aliphatic hydroxyl groups excluding tert-OH is 1. The molecular weight excluding hydrogens is 765 g/mol. The van der Waals surface area contributed by atoms with E-state index in [1.54, 1.807) is 12.2 Å². The second kappa shape index (κ2) is 38.8. The lowest BCUT2D eigenvalue weighted by Crippen LogP contribution is -2.37. The largest absolute Gasteiger partial charge is 0.472 e. The Bertz CT molecular complexity index is 1380. The van der Waals surface area contributed by atoms with Gasteiger partial charge in [0.05, 0.1) is 33.9 Å². The van der Waals surface area contributed by atoms with Crippen LogP contribution in [0.5, 0.6) is 0 Å². The maximum atomic E-state index is 12.7. The summed E-state index contributed by atoms with van der Waals surface area (Å²) in [5, 5.41) is 10.3. The average Bonchev–Trinajstić information content (AvgIpc) is 3.18. The first-order chi connectivity index (χ1) is 28.4. The molecule has 59 heavy (non-hydrogen) atoms. The first-order valence-corrected chi connectivity index (χ1v) is 23.2. The van der Waals surface area contributed by atoms with Gasteiger partial charge in [-0.2, -0.15) is 0 Å². The van der Waals surface area contributed by atoms with E-state index in [1.165, 1.54) is 0 Å². The standard InChI is InChI=1S/C48H78NO9P/c1-6-8-10-12-14-16-18-20-21-22-23-25-27-29-31-33-35-39-48(52)58-46(44-57-59(53,54)56-42-41-49(3,4)5)43-55-47(51)40-36-38-45(50)37-34-32-30-28-26-24-19-17-15-13-11-9-7-2/h8-11,14-17,20-21,23-26,30,32,34,37,45-46,50H,6-7,12-13,18-19,22,27-29,31,33,35-36,38-44H2,1-5H3/p+1/b10-8-,11-9-,16-14-,17-15-,21-20-,25-23-,26-24-,32-30-,37-34+/t45?,46-/m1/s1. The highest BCUT2D eigenvalue weighted by Crippen LogP contribution is 2.43. The van der Waals surface area contributed by atoms with Crippen LogP contribution in [0.25, 0.3) is 0 Å². The average molecular weight is 845 g/mol. The summed E-state index contributed by atoms with van der Waals surface area (Å²) < 4.78 is 34.1.